The van der Waals surface area contributed by atoms with Crippen molar-refractivity contribution in [2.24, 2.45) is 5.92 Å². The molecule has 0 aromatic carbocycles. The second kappa shape index (κ2) is 12.9. The molecule has 2 aromatic heterocycles. The molecule has 0 radical (unpaired) electrons. The summed E-state index contributed by atoms with van der Waals surface area (Å²) < 4.78 is 28.7. The quantitative estimate of drug-likeness (QED) is 0.367. The fourth-order valence-electron chi connectivity index (χ4n) is 2.19. The summed E-state index contributed by atoms with van der Waals surface area (Å²) in [7, 11) is -2.15. The molecule has 0 saturated carbocycles. The minimum Gasteiger partial charge on any atom is -0.481 e. The van der Waals surface area contributed by atoms with E-state index < -0.39 is 37.9 Å². The number of rotatable bonds is 11. The van der Waals surface area contributed by atoms with Gasteiger partial charge in [-0.05, 0) is 20.3 Å². The van der Waals surface area contributed by atoms with Crippen molar-refractivity contribution in [2.75, 3.05) is 6.16 Å². The van der Waals surface area contributed by atoms with E-state index in [1.807, 2.05) is 13.8 Å². The highest BCUT2D eigenvalue weighted by atomic mass is 31.2. The maximum Gasteiger partial charge on any atom is 0.519 e. The molecule has 2 rings (SSSR count). The summed E-state index contributed by atoms with van der Waals surface area (Å²) in [5.41, 5.74) is 0. The van der Waals surface area contributed by atoms with Crippen molar-refractivity contribution in [1.29, 1.82) is 0 Å². The molecule has 0 amide bonds. The van der Waals surface area contributed by atoms with Gasteiger partial charge in [-0.3, -0.25) is 9.59 Å². The van der Waals surface area contributed by atoms with Gasteiger partial charge in [0.2, 0.25) is 0 Å². The number of ether oxygens (including phenoxy) is 1. The van der Waals surface area contributed by atoms with Crippen LogP contribution in [0.5, 0.6) is 0 Å². The van der Waals surface area contributed by atoms with Crippen molar-refractivity contribution in [2.45, 2.75) is 53.8 Å². The van der Waals surface area contributed by atoms with E-state index in [-0.39, 0.29) is 55.3 Å². The zero-order valence-electron chi connectivity index (χ0n) is 17.5. The van der Waals surface area contributed by atoms with Gasteiger partial charge in [0.15, 0.2) is 32.3 Å². The van der Waals surface area contributed by atoms with Crippen LogP contribution >= 0.6 is 8.38 Å². The first-order valence-corrected chi connectivity index (χ1v) is 10.7. The number of hydrogen-bond donors (Lipinski definition) is 2. The molecule has 0 bridgehead atoms. The molecule has 0 fully saturated rings. The van der Waals surface area contributed by atoms with Crippen molar-refractivity contribution < 1.29 is 46.5 Å². The van der Waals surface area contributed by atoms with Crippen LogP contribution in [0.1, 0.15) is 49.7 Å². The Morgan fingerprint density at radius 3 is 1.94 bits per heavy atom. The maximum absolute atomic E-state index is 11.8. The van der Waals surface area contributed by atoms with Gasteiger partial charge in [0.1, 0.15) is 12.4 Å². The molecule has 0 aliphatic carbocycles. The third-order valence-corrected chi connectivity index (χ3v) is 4.98. The summed E-state index contributed by atoms with van der Waals surface area (Å²) in [5.74, 6) is -4.29. The van der Waals surface area contributed by atoms with E-state index in [2.05, 4.69) is 13.3 Å². The Hall–Kier alpha value is -2.69. The third-order valence-electron chi connectivity index (χ3n) is 3.80. The Morgan fingerprint density at radius 1 is 0.968 bits per heavy atom. The van der Waals surface area contributed by atoms with Crippen molar-refractivity contribution >= 4 is 20.3 Å². The van der Waals surface area contributed by atoms with E-state index in [9.17, 15) is 29.2 Å². The minimum atomic E-state index is -2.15. The van der Waals surface area contributed by atoms with Crippen molar-refractivity contribution in [3.05, 3.63) is 44.3 Å². The Balaban J connectivity index is 0.00000233. The highest BCUT2D eigenvalue weighted by molar-refractivity contribution is 7.46. The zero-order valence-corrected chi connectivity index (χ0v) is 18.4. The first kappa shape index (κ1) is 26.3. The molecule has 2 unspecified atom stereocenters. The van der Waals surface area contributed by atoms with E-state index in [1.54, 1.807) is 0 Å². The summed E-state index contributed by atoms with van der Waals surface area (Å²) in [6, 6.07) is 0. The van der Waals surface area contributed by atoms with Crippen LogP contribution in [0.25, 0.3) is 0 Å². The zero-order chi connectivity index (χ0) is 23.6. The molecule has 0 aliphatic heterocycles. The van der Waals surface area contributed by atoms with Crippen LogP contribution in [0.3, 0.4) is 0 Å². The number of esters is 1. The molecule has 0 spiro atoms. The number of aliphatic carboxylic acids is 1. The smallest absolute Gasteiger partial charge is 0.481 e. The van der Waals surface area contributed by atoms with Gasteiger partial charge in [-0.2, -0.15) is 0 Å². The Morgan fingerprint density at radius 2 is 1.48 bits per heavy atom. The van der Waals surface area contributed by atoms with Gasteiger partial charge in [-0.1, -0.05) is 13.8 Å². The molecule has 13 heteroatoms. The first-order chi connectivity index (χ1) is 14.7. The largest absolute Gasteiger partial charge is 0.519 e. The fraction of sp³-hybridized carbons (Fsp3) is 0.556. The molecule has 0 saturated heterocycles. The average molecular weight is 464 g/mol. The van der Waals surface area contributed by atoms with E-state index in [0.29, 0.717) is 0 Å². The molecule has 2 atom stereocenters. The molecule has 174 valence electrons. The third kappa shape index (κ3) is 8.91. The summed E-state index contributed by atoms with van der Waals surface area (Å²) in [6.45, 7) is 6.36. The van der Waals surface area contributed by atoms with Gasteiger partial charge in [-0.15, -0.1) is 0 Å². The maximum atomic E-state index is 11.8. The van der Waals surface area contributed by atoms with Gasteiger partial charge in [0.25, 0.3) is 0 Å². The summed E-state index contributed by atoms with van der Waals surface area (Å²) in [6.07, 6.45) is -0.586. The lowest BCUT2D eigenvalue weighted by Crippen LogP contribution is -2.19. The van der Waals surface area contributed by atoms with Crippen LogP contribution in [-0.4, -0.2) is 28.1 Å². The van der Waals surface area contributed by atoms with Crippen LogP contribution < -0.4 is 11.6 Å². The number of carbonyl (C=O) groups is 2. The predicted molar refractivity (Wildman–Crippen MR) is 104 cm³/mol. The van der Waals surface area contributed by atoms with Gasteiger partial charge < -0.3 is 36.9 Å². The predicted octanol–water partition coefficient (Wildman–Crippen LogP) is 2.47. The number of carboxylic acids is 1. The van der Waals surface area contributed by atoms with Crippen molar-refractivity contribution in [3.63, 3.8) is 0 Å². The standard InChI is InChI=1S/C16H19O12P.C2H6/c1-8-11(27-15(20)25-8)5-23-13(17)4-3-10(14(18)19)7-29(22)24-6-12-9(2)26-16(21)28-12;1-2/h10,22H,3-7H2,1-2H3,(H,18,19);1-2H3. The summed E-state index contributed by atoms with van der Waals surface area (Å²) in [4.78, 5) is 54.9. The number of aryl methyl sites for hydroxylation is 2. The van der Waals surface area contributed by atoms with Gasteiger partial charge in [-0.25, -0.2) is 9.59 Å². The number of carbonyl (C=O) groups excluding carboxylic acids is 1. The molecule has 12 nitrogen and oxygen atoms in total. The lowest BCUT2D eigenvalue weighted by atomic mass is 10.1. The van der Waals surface area contributed by atoms with Gasteiger partial charge in [0.05, 0.1) is 5.92 Å². The van der Waals surface area contributed by atoms with Gasteiger partial charge >= 0.3 is 23.6 Å². The second-order valence-corrected chi connectivity index (χ2v) is 7.24. The van der Waals surface area contributed by atoms with Crippen LogP contribution in [0, 0.1) is 19.8 Å². The van der Waals surface area contributed by atoms with E-state index in [4.69, 9.17) is 13.7 Å². The highest BCUT2D eigenvalue weighted by Crippen LogP contribution is 2.36. The van der Waals surface area contributed by atoms with E-state index in [1.165, 1.54) is 13.8 Å². The normalized spacial score (nSPS) is 12.5. The van der Waals surface area contributed by atoms with Gasteiger partial charge in [0, 0.05) is 12.6 Å². The second-order valence-electron chi connectivity index (χ2n) is 5.91. The monoisotopic (exact) mass is 464 g/mol. The fourth-order valence-corrected chi connectivity index (χ4v) is 3.28. The lowest BCUT2D eigenvalue weighted by Gasteiger charge is -2.15. The van der Waals surface area contributed by atoms with E-state index >= 15 is 0 Å². The highest BCUT2D eigenvalue weighted by Gasteiger charge is 2.25. The molecular formula is C18H25O12P. The molecule has 2 aromatic rings. The molecular weight excluding hydrogens is 439 g/mol. The number of carboxylic acid groups (broad SMARTS) is 1. The summed E-state index contributed by atoms with van der Waals surface area (Å²) in [5, 5.41) is 9.27. The molecule has 31 heavy (non-hydrogen) atoms. The summed E-state index contributed by atoms with van der Waals surface area (Å²) >= 11 is 0. The van der Waals surface area contributed by atoms with E-state index in [0.717, 1.165) is 0 Å². The van der Waals surface area contributed by atoms with Crippen molar-refractivity contribution in [1.82, 2.24) is 0 Å². The average Bonchev–Trinajstić information content (AvgIpc) is 3.21. The van der Waals surface area contributed by atoms with Crippen LogP contribution in [0.2, 0.25) is 0 Å². The molecule has 2 N–H and O–H groups in total. The molecule has 0 aliphatic rings. The van der Waals surface area contributed by atoms with Crippen LogP contribution in [0.15, 0.2) is 27.3 Å². The minimum absolute atomic E-state index is 0.0617. The Labute approximate surface area is 177 Å². The Bertz CT molecular complexity index is 949. The first-order valence-electron chi connectivity index (χ1n) is 9.32. The number of hydrogen-bond acceptors (Lipinski definition) is 11. The van der Waals surface area contributed by atoms with Crippen LogP contribution in [0.4, 0.5) is 0 Å². The molecule has 2 heterocycles. The SMILES string of the molecule is CC.Cc1oc(=O)oc1COC(=O)CCC(CP(O)OCc1oc(=O)oc1C)C(=O)O. The van der Waals surface area contributed by atoms with Crippen molar-refractivity contribution in [3.8, 4) is 0 Å². The Kier molecular flexibility index (Phi) is 10.9. The topological polar surface area (TPSA) is 180 Å². The van der Waals surface area contributed by atoms with Crippen LogP contribution in [-0.2, 0) is 32.1 Å². The lowest BCUT2D eigenvalue weighted by molar-refractivity contribution is -0.146.